The Hall–Kier alpha value is -2.10. The second kappa shape index (κ2) is 4.41. The van der Waals surface area contributed by atoms with E-state index in [4.69, 9.17) is 0 Å². The van der Waals surface area contributed by atoms with Gasteiger partial charge in [0.2, 0.25) is 0 Å². The number of likely N-dealkylation sites (N-methyl/N-ethyl adjacent to an activating group) is 1. The van der Waals surface area contributed by atoms with Gasteiger partial charge in [0, 0.05) is 19.8 Å². The van der Waals surface area contributed by atoms with Gasteiger partial charge in [-0.2, -0.15) is 0 Å². The molecule has 0 spiro atoms. The van der Waals surface area contributed by atoms with E-state index in [0.29, 0.717) is 12.2 Å². The van der Waals surface area contributed by atoms with Gasteiger partial charge in [-0.1, -0.05) is 12.1 Å². The van der Waals surface area contributed by atoms with E-state index in [0.717, 1.165) is 11.3 Å². The van der Waals surface area contributed by atoms with Crippen LogP contribution in [0.4, 0.5) is 0 Å². The van der Waals surface area contributed by atoms with Crippen LogP contribution in [0.5, 0.6) is 0 Å². The monoisotopic (exact) mass is 229 g/mol. The molecule has 2 heterocycles. The molecule has 0 unspecified atom stereocenters. The van der Waals surface area contributed by atoms with Crippen LogP contribution in [0.1, 0.15) is 16.2 Å². The highest BCUT2D eigenvalue weighted by Gasteiger charge is 2.18. The lowest BCUT2D eigenvalue weighted by Gasteiger charge is -2.14. The second-order valence-electron chi connectivity index (χ2n) is 3.95. The molecule has 0 fully saturated rings. The van der Waals surface area contributed by atoms with E-state index in [1.165, 1.54) is 0 Å². The minimum Gasteiger partial charge on any atom is -0.337 e. The third kappa shape index (κ3) is 1.93. The highest BCUT2D eigenvalue weighted by Crippen LogP contribution is 2.13. The summed E-state index contributed by atoms with van der Waals surface area (Å²) in [6.07, 6.45) is 3.56. The van der Waals surface area contributed by atoms with Crippen molar-refractivity contribution in [3.8, 4) is 0 Å². The molecule has 17 heavy (non-hydrogen) atoms. The van der Waals surface area contributed by atoms with Crippen molar-refractivity contribution in [3.05, 3.63) is 48.4 Å². The van der Waals surface area contributed by atoms with E-state index in [9.17, 15) is 4.79 Å². The molecule has 0 aliphatic rings. The van der Waals surface area contributed by atoms with Crippen molar-refractivity contribution in [3.63, 3.8) is 0 Å². The largest absolute Gasteiger partial charge is 0.337 e. The Bertz CT molecular complexity index is 571. The quantitative estimate of drug-likeness (QED) is 0.754. The van der Waals surface area contributed by atoms with Gasteiger partial charge in [-0.3, -0.25) is 9.20 Å². The second-order valence-corrected chi connectivity index (χ2v) is 3.95. The standard InChI is InChI=1S/C13H15N3O/c1-4-8-15(3)13(17)12-10(2)14-11-7-5-6-9-16(11)12/h4-7,9H,1,8H2,2-3H3. The first-order valence-electron chi connectivity index (χ1n) is 5.45. The van der Waals surface area contributed by atoms with E-state index >= 15 is 0 Å². The fourth-order valence-electron chi connectivity index (χ4n) is 1.83. The summed E-state index contributed by atoms with van der Waals surface area (Å²) >= 11 is 0. The normalized spacial score (nSPS) is 10.5. The summed E-state index contributed by atoms with van der Waals surface area (Å²) in [7, 11) is 1.76. The highest BCUT2D eigenvalue weighted by molar-refractivity contribution is 5.94. The summed E-state index contributed by atoms with van der Waals surface area (Å²) in [5.74, 6) is -0.0406. The van der Waals surface area contributed by atoms with Crippen LogP contribution < -0.4 is 0 Å². The van der Waals surface area contributed by atoms with Crippen molar-refractivity contribution in [2.24, 2.45) is 0 Å². The third-order valence-electron chi connectivity index (χ3n) is 2.66. The average molecular weight is 229 g/mol. The minimum absolute atomic E-state index is 0.0406. The van der Waals surface area contributed by atoms with Crippen LogP contribution in [0.2, 0.25) is 0 Å². The van der Waals surface area contributed by atoms with Crippen LogP contribution in [0, 0.1) is 6.92 Å². The van der Waals surface area contributed by atoms with Gasteiger partial charge in [0.25, 0.3) is 5.91 Å². The maximum Gasteiger partial charge on any atom is 0.272 e. The lowest BCUT2D eigenvalue weighted by Crippen LogP contribution is -2.28. The van der Waals surface area contributed by atoms with Crippen LogP contribution in [-0.2, 0) is 0 Å². The van der Waals surface area contributed by atoms with Crippen LogP contribution in [0.15, 0.2) is 37.1 Å². The van der Waals surface area contributed by atoms with Crippen LogP contribution in [-0.4, -0.2) is 33.8 Å². The smallest absolute Gasteiger partial charge is 0.272 e. The molecule has 0 saturated carbocycles. The Morgan fingerprint density at radius 3 is 3.06 bits per heavy atom. The average Bonchev–Trinajstić information content (AvgIpc) is 2.64. The maximum absolute atomic E-state index is 12.2. The van der Waals surface area contributed by atoms with Crippen molar-refractivity contribution in [2.45, 2.75) is 6.92 Å². The minimum atomic E-state index is -0.0406. The first-order chi connectivity index (χ1) is 8.15. The number of pyridine rings is 1. The molecule has 0 saturated heterocycles. The Labute approximate surface area is 100 Å². The lowest BCUT2D eigenvalue weighted by atomic mass is 10.3. The van der Waals surface area contributed by atoms with Crippen LogP contribution in [0.25, 0.3) is 5.65 Å². The molecule has 0 N–H and O–H groups in total. The zero-order chi connectivity index (χ0) is 12.4. The number of carbonyl (C=O) groups excluding carboxylic acids is 1. The number of aromatic nitrogens is 2. The Kier molecular flexibility index (Phi) is 2.95. The van der Waals surface area contributed by atoms with Gasteiger partial charge < -0.3 is 4.90 Å². The zero-order valence-corrected chi connectivity index (χ0v) is 10.1. The van der Waals surface area contributed by atoms with Gasteiger partial charge in [0.1, 0.15) is 11.3 Å². The lowest BCUT2D eigenvalue weighted by molar-refractivity contribution is 0.0802. The van der Waals surface area contributed by atoms with Crippen molar-refractivity contribution in [1.82, 2.24) is 14.3 Å². The molecule has 0 radical (unpaired) electrons. The molecule has 0 aliphatic heterocycles. The number of fused-ring (bicyclic) bond motifs is 1. The molecule has 4 nitrogen and oxygen atoms in total. The van der Waals surface area contributed by atoms with Crippen LogP contribution in [0.3, 0.4) is 0 Å². The topological polar surface area (TPSA) is 37.6 Å². The molecule has 0 aromatic carbocycles. The Morgan fingerprint density at radius 1 is 1.59 bits per heavy atom. The summed E-state index contributed by atoms with van der Waals surface area (Å²) in [4.78, 5) is 18.2. The molecular formula is C13H15N3O. The van der Waals surface area contributed by atoms with Gasteiger partial charge in [0.15, 0.2) is 0 Å². The van der Waals surface area contributed by atoms with E-state index in [2.05, 4.69) is 11.6 Å². The number of rotatable bonds is 3. The molecule has 2 rings (SSSR count). The number of amides is 1. The molecule has 1 amide bonds. The molecule has 0 bridgehead atoms. The predicted octanol–water partition coefficient (Wildman–Crippen LogP) is 1.90. The van der Waals surface area contributed by atoms with Gasteiger partial charge in [-0.25, -0.2) is 4.98 Å². The molecule has 2 aromatic rings. The molecule has 2 aromatic heterocycles. The SMILES string of the molecule is C=CCN(C)C(=O)c1c(C)nc2ccccn12. The van der Waals surface area contributed by atoms with E-state index in [-0.39, 0.29) is 5.91 Å². The highest BCUT2D eigenvalue weighted by atomic mass is 16.2. The number of hydrogen-bond acceptors (Lipinski definition) is 2. The van der Waals surface area contributed by atoms with Gasteiger partial charge in [-0.05, 0) is 19.1 Å². The summed E-state index contributed by atoms with van der Waals surface area (Å²) in [5, 5.41) is 0. The summed E-state index contributed by atoms with van der Waals surface area (Å²) in [6, 6.07) is 5.68. The number of hydrogen-bond donors (Lipinski definition) is 0. The first kappa shape index (κ1) is 11.4. The molecular weight excluding hydrogens is 214 g/mol. The number of carbonyl (C=O) groups is 1. The molecule has 0 aliphatic carbocycles. The molecule has 88 valence electrons. The summed E-state index contributed by atoms with van der Waals surface area (Å²) in [6.45, 7) is 6.01. The van der Waals surface area contributed by atoms with Gasteiger partial charge in [-0.15, -0.1) is 6.58 Å². The zero-order valence-electron chi connectivity index (χ0n) is 10.1. The molecule has 4 heteroatoms. The van der Waals surface area contributed by atoms with E-state index in [1.807, 2.05) is 35.7 Å². The number of nitrogens with zero attached hydrogens (tertiary/aromatic N) is 3. The van der Waals surface area contributed by atoms with E-state index < -0.39 is 0 Å². The third-order valence-corrected chi connectivity index (χ3v) is 2.66. The maximum atomic E-state index is 12.2. The number of imidazole rings is 1. The predicted molar refractivity (Wildman–Crippen MR) is 67.1 cm³/mol. The summed E-state index contributed by atoms with van der Waals surface area (Å²) < 4.78 is 1.82. The van der Waals surface area contributed by atoms with Gasteiger partial charge >= 0.3 is 0 Å². The fraction of sp³-hybridized carbons (Fsp3) is 0.231. The van der Waals surface area contributed by atoms with Crippen molar-refractivity contribution < 1.29 is 4.79 Å². The molecule has 0 atom stereocenters. The fourth-order valence-corrected chi connectivity index (χ4v) is 1.83. The van der Waals surface area contributed by atoms with Crippen molar-refractivity contribution >= 4 is 11.6 Å². The Balaban J connectivity index is 2.51. The van der Waals surface area contributed by atoms with E-state index in [1.54, 1.807) is 18.0 Å². The Morgan fingerprint density at radius 2 is 2.35 bits per heavy atom. The first-order valence-corrected chi connectivity index (χ1v) is 5.45. The van der Waals surface area contributed by atoms with Crippen molar-refractivity contribution in [2.75, 3.05) is 13.6 Å². The van der Waals surface area contributed by atoms with Gasteiger partial charge in [0.05, 0.1) is 5.69 Å². The van der Waals surface area contributed by atoms with Crippen LogP contribution >= 0.6 is 0 Å². The number of aryl methyl sites for hydroxylation is 1. The summed E-state index contributed by atoms with van der Waals surface area (Å²) in [5.41, 5.74) is 2.16. The van der Waals surface area contributed by atoms with Crippen molar-refractivity contribution in [1.29, 1.82) is 0 Å².